The Morgan fingerprint density at radius 1 is 1.14 bits per heavy atom. The van der Waals surface area contributed by atoms with E-state index in [0.29, 0.717) is 12.0 Å². The molecule has 3 aliphatic carbocycles. The van der Waals surface area contributed by atoms with Crippen LogP contribution in [0.2, 0.25) is 0 Å². The Balaban J connectivity index is 1.42. The molecule has 2 saturated heterocycles. The van der Waals surface area contributed by atoms with Crippen molar-refractivity contribution in [1.29, 1.82) is 5.26 Å². The van der Waals surface area contributed by atoms with Crippen molar-refractivity contribution in [2.24, 2.45) is 11.8 Å². The van der Waals surface area contributed by atoms with E-state index in [1.165, 1.54) is 56.3 Å². The maximum absolute atomic E-state index is 9.53. The summed E-state index contributed by atoms with van der Waals surface area (Å²) >= 11 is 0. The molecule has 0 N–H and O–H groups in total. The fraction of sp³-hybridized carbons (Fsp3) is 0.708. The molecule has 5 aliphatic rings. The molecule has 1 spiro atoms. The van der Waals surface area contributed by atoms with E-state index < -0.39 is 0 Å². The van der Waals surface area contributed by atoms with Gasteiger partial charge in [0.25, 0.3) is 0 Å². The summed E-state index contributed by atoms with van der Waals surface area (Å²) in [5.41, 5.74) is 3.82. The van der Waals surface area contributed by atoms with E-state index in [-0.39, 0.29) is 11.2 Å². The summed E-state index contributed by atoms with van der Waals surface area (Å²) in [6.07, 6.45) is 9.78. The molecule has 2 heterocycles. The van der Waals surface area contributed by atoms with Crippen molar-refractivity contribution >= 4 is 0 Å². The standard InChI is InChI=1S/C24H30N2O2/c25-14-18-4-5-19-13-22-20-6-7-24(27-10-11-28-24)16-23(20,21(19)12-18)8-9-26(22)15-17-2-1-3-17/h4-5,12,17,20,22H,1-3,6-11,13,15-16H2/t20-,22+,23-/m0/s1. The lowest BCUT2D eigenvalue weighted by Gasteiger charge is -2.61. The number of nitriles is 1. The van der Waals surface area contributed by atoms with Crippen molar-refractivity contribution in [2.75, 3.05) is 26.3 Å². The molecule has 1 aromatic rings. The van der Waals surface area contributed by atoms with Crippen molar-refractivity contribution in [3.05, 3.63) is 34.9 Å². The molecule has 0 amide bonds. The van der Waals surface area contributed by atoms with Crippen LogP contribution in [-0.2, 0) is 21.3 Å². The van der Waals surface area contributed by atoms with Gasteiger partial charge in [0, 0.05) is 30.8 Å². The molecule has 1 aromatic carbocycles. The molecule has 4 heteroatoms. The number of piperidine rings is 1. The van der Waals surface area contributed by atoms with E-state index in [1.807, 2.05) is 6.07 Å². The predicted octanol–water partition coefficient (Wildman–Crippen LogP) is 3.77. The van der Waals surface area contributed by atoms with Crippen LogP contribution in [0, 0.1) is 23.2 Å². The summed E-state index contributed by atoms with van der Waals surface area (Å²) in [6.45, 7) is 3.93. The van der Waals surface area contributed by atoms with Crippen LogP contribution in [0.15, 0.2) is 18.2 Å². The average molecular weight is 379 g/mol. The van der Waals surface area contributed by atoms with Gasteiger partial charge in [-0.2, -0.15) is 5.26 Å². The largest absolute Gasteiger partial charge is 0.348 e. The zero-order chi connectivity index (χ0) is 18.8. The zero-order valence-electron chi connectivity index (χ0n) is 16.7. The van der Waals surface area contributed by atoms with Crippen LogP contribution < -0.4 is 0 Å². The summed E-state index contributed by atoms with van der Waals surface area (Å²) in [5, 5.41) is 9.53. The van der Waals surface area contributed by atoms with Crippen LogP contribution in [0.3, 0.4) is 0 Å². The Morgan fingerprint density at radius 3 is 2.75 bits per heavy atom. The van der Waals surface area contributed by atoms with Crippen molar-refractivity contribution < 1.29 is 9.47 Å². The minimum Gasteiger partial charge on any atom is -0.348 e. The monoisotopic (exact) mass is 378 g/mol. The van der Waals surface area contributed by atoms with E-state index in [4.69, 9.17) is 9.47 Å². The second-order valence-electron chi connectivity index (χ2n) is 9.88. The van der Waals surface area contributed by atoms with Gasteiger partial charge in [-0.3, -0.25) is 4.90 Å². The smallest absolute Gasteiger partial charge is 0.169 e. The summed E-state index contributed by atoms with van der Waals surface area (Å²) in [5.74, 6) is 1.21. The fourth-order valence-electron chi connectivity index (χ4n) is 7.14. The van der Waals surface area contributed by atoms with Gasteiger partial charge >= 0.3 is 0 Å². The summed E-state index contributed by atoms with van der Waals surface area (Å²) in [4.78, 5) is 2.84. The van der Waals surface area contributed by atoms with Crippen molar-refractivity contribution in [3.8, 4) is 6.07 Å². The number of hydrogen-bond acceptors (Lipinski definition) is 4. The van der Waals surface area contributed by atoms with Crippen LogP contribution in [0.4, 0.5) is 0 Å². The first-order valence-corrected chi connectivity index (χ1v) is 11.3. The van der Waals surface area contributed by atoms with Gasteiger partial charge in [0.2, 0.25) is 0 Å². The third kappa shape index (κ3) is 2.46. The summed E-state index contributed by atoms with van der Waals surface area (Å²) < 4.78 is 12.4. The molecule has 6 rings (SSSR count). The molecule has 148 valence electrons. The molecule has 2 aliphatic heterocycles. The van der Waals surface area contributed by atoms with Crippen LogP contribution in [0.5, 0.6) is 0 Å². The molecule has 0 unspecified atom stereocenters. The molecular formula is C24H30N2O2. The van der Waals surface area contributed by atoms with Gasteiger partial charge in [-0.1, -0.05) is 12.5 Å². The second kappa shape index (κ2) is 6.29. The molecule has 4 nitrogen and oxygen atoms in total. The lowest BCUT2D eigenvalue weighted by atomic mass is 9.51. The maximum Gasteiger partial charge on any atom is 0.169 e. The quantitative estimate of drug-likeness (QED) is 0.786. The topological polar surface area (TPSA) is 45.5 Å². The Hall–Kier alpha value is -1.41. The lowest BCUT2D eigenvalue weighted by molar-refractivity contribution is -0.214. The maximum atomic E-state index is 9.53. The molecule has 3 atom stereocenters. The second-order valence-corrected chi connectivity index (χ2v) is 9.88. The number of rotatable bonds is 2. The highest BCUT2D eigenvalue weighted by molar-refractivity contribution is 5.47. The number of ether oxygens (including phenoxy) is 2. The molecule has 2 bridgehead atoms. The summed E-state index contributed by atoms with van der Waals surface area (Å²) in [7, 11) is 0. The number of nitrogens with zero attached hydrogens (tertiary/aromatic N) is 2. The fourth-order valence-corrected chi connectivity index (χ4v) is 7.14. The molecule has 0 radical (unpaired) electrons. The van der Waals surface area contributed by atoms with Crippen molar-refractivity contribution in [3.63, 3.8) is 0 Å². The van der Waals surface area contributed by atoms with Crippen LogP contribution in [0.25, 0.3) is 0 Å². The third-order valence-corrected chi connectivity index (χ3v) is 8.64. The van der Waals surface area contributed by atoms with E-state index in [2.05, 4.69) is 23.1 Å². The van der Waals surface area contributed by atoms with Gasteiger partial charge in [-0.15, -0.1) is 0 Å². The van der Waals surface area contributed by atoms with E-state index >= 15 is 0 Å². The molecule has 28 heavy (non-hydrogen) atoms. The molecule has 4 fully saturated rings. The SMILES string of the molecule is N#Cc1ccc2c(c1)[C@]13CCN(CC4CCC4)[C@H](C2)[C@@H]1CCC1(C3)OCCO1. The Bertz CT molecular complexity index is 820. The van der Waals surface area contributed by atoms with E-state index in [9.17, 15) is 5.26 Å². The Kier molecular flexibility index (Phi) is 3.92. The minimum absolute atomic E-state index is 0.115. The lowest BCUT2D eigenvalue weighted by Crippen LogP contribution is -2.64. The van der Waals surface area contributed by atoms with Crippen LogP contribution in [-0.4, -0.2) is 43.0 Å². The normalized spacial score (nSPS) is 36.4. The van der Waals surface area contributed by atoms with Gasteiger partial charge in [-0.25, -0.2) is 0 Å². The third-order valence-electron chi connectivity index (χ3n) is 8.64. The van der Waals surface area contributed by atoms with Crippen molar-refractivity contribution in [2.45, 2.75) is 68.6 Å². The highest BCUT2D eigenvalue weighted by Crippen LogP contribution is 2.59. The van der Waals surface area contributed by atoms with E-state index in [1.54, 1.807) is 0 Å². The first kappa shape index (κ1) is 17.4. The van der Waals surface area contributed by atoms with Gasteiger partial charge < -0.3 is 9.47 Å². The van der Waals surface area contributed by atoms with Gasteiger partial charge in [-0.05, 0) is 73.7 Å². The van der Waals surface area contributed by atoms with Crippen LogP contribution >= 0.6 is 0 Å². The first-order chi connectivity index (χ1) is 13.7. The number of likely N-dealkylation sites (tertiary alicyclic amines) is 1. The molecule has 0 aromatic heterocycles. The van der Waals surface area contributed by atoms with E-state index in [0.717, 1.165) is 44.0 Å². The van der Waals surface area contributed by atoms with Crippen molar-refractivity contribution in [1.82, 2.24) is 4.90 Å². The highest BCUT2D eigenvalue weighted by atomic mass is 16.7. The Morgan fingerprint density at radius 2 is 2.00 bits per heavy atom. The highest BCUT2D eigenvalue weighted by Gasteiger charge is 2.60. The summed E-state index contributed by atoms with van der Waals surface area (Å²) in [6, 6.07) is 9.49. The average Bonchev–Trinajstić information content (AvgIpc) is 3.13. The van der Waals surface area contributed by atoms with Gasteiger partial charge in [0.1, 0.15) is 0 Å². The first-order valence-electron chi connectivity index (χ1n) is 11.3. The Labute approximate surface area is 167 Å². The molecule has 2 saturated carbocycles. The molecular weight excluding hydrogens is 348 g/mol. The number of benzene rings is 1. The predicted molar refractivity (Wildman–Crippen MR) is 106 cm³/mol. The van der Waals surface area contributed by atoms with Gasteiger partial charge in [0.05, 0.1) is 24.8 Å². The van der Waals surface area contributed by atoms with Crippen LogP contribution in [0.1, 0.15) is 61.6 Å². The number of fused-ring (bicyclic) bond motifs is 1. The minimum atomic E-state index is -0.381. The zero-order valence-corrected chi connectivity index (χ0v) is 16.7. The van der Waals surface area contributed by atoms with Gasteiger partial charge in [0.15, 0.2) is 5.79 Å². The number of hydrogen-bond donors (Lipinski definition) is 0.